The van der Waals surface area contributed by atoms with Crippen molar-refractivity contribution >= 4 is 5.91 Å². The van der Waals surface area contributed by atoms with Gasteiger partial charge in [0.2, 0.25) is 5.91 Å². The van der Waals surface area contributed by atoms with Gasteiger partial charge in [-0.05, 0) is 25.8 Å². The molecule has 0 spiro atoms. The van der Waals surface area contributed by atoms with E-state index in [4.69, 9.17) is 0 Å². The van der Waals surface area contributed by atoms with Gasteiger partial charge < -0.3 is 10.2 Å². The number of hydrogen-bond donors (Lipinski definition) is 1. The lowest BCUT2D eigenvalue weighted by Crippen LogP contribution is -2.33. The minimum Gasteiger partial charge on any atom is -0.348 e. The molecule has 0 aliphatic carbocycles. The summed E-state index contributed by atoms with van der Waals surface area (Å²) in [6.45, 7) is 7.82. The summed E-state index contributed by atoms with van der Waals surface area (Å²) >= 11 is 0. The van der Waals surface area contributed by atoms with Crippen LogP contribution in [0.3, 0.4) is 0 Å². The van der Waals surface area contributed by atoms with E-state index in [1.807, 2.05) is 18.2 Å². The zero-order valence-corrected chi connectivity index (χ0v) is 12.9. The number of nitrogens with zero attached hydrogens (tertiary/aromatic N) is 1. The van der Waals surface area contributed by atoms with Crippen molar-refractivity contribution in [3.8, 4) is 0 Å². The lowest BCUT2D eigenvalue weighted by molar-refractivity contribution is -0.127. The van der Waals surface area contributed by atoms with Crippen LogP contribution in [-0.2, 0) is 4.79 Å². The summed E-state index contributed by atoms with van der Waals surface area (Å²) in [4.78, 5) is 12.7. The molecule has 0 atom stereocenters. The minimum atomic E-state index is 0.138. The van der Waals surface area contributed by atoms with E-state index < -0.39 is 0 Å². The molecule has 3 heteroatoms. The van der Waals surface area contributed by atoms with Gasteiger partial charge in [0.05, 0.1) is 6.54 Å². The Balaban J connectivity index is 0.000000388. The van der Waals surface area contributed by atoms with E-state index in [1.165, 1.54) is 5.56 Å². The molecule has 3 nitrogen and oxygen atoms in total. The highest BCUT2D eigenvalue weighted by molar-refractivity contribution is 5.77. The molecule has 1 amide bonds. The number of likely N-dealkylation sites (N-methyl/N-ethyl adjacent to an activating group) is 1. The molecular weight excluding hydrogens is 236 g/mol. The first-order valence-corrected chi connectivity index (χ1v) is 6.86. The lowest BCUT2D eigenvalue weighted by atomic mass is 10.1. The van der Waals surface area contributed by atoms with E-state index in [1.54, 1.807) is 19.0 Å². The van der Waals surface area contributed by atoms with Crippen LogP contribution in [0, 0.1) is 12.8 Å². The van der Waals surface area contributed by atoms with Crippen LogP contribution in [0.5, 0.6) is 0 Å². The number of carbonyl (C=O) groups is 1. The molecule has 0 aliphatic heterocycles. The molecule has 0 saturated heterocycles. The second-order valence-electron chi connectivity index (χ2n) is 5.30. The maximum absolute atomic E-state index is 11.1. The summed E-state index contributed by atoms with van der Waals surface area (Å²) in [7, 11) is 3.54. The first-order chi connectivity index (χ1) is 8.93. The van der Waals surface area contributed by atoms with Crippen LogP contribution in [0.4, 0.5) is 0 Å². The van der Waals surface area contributed by atoms with E-state index in [-0.39, 0.29) is 5.91 Å². The standard InChI is InChI=1S/C9H20N2O.C7H8/c1-8(2)5-6-10-7-9(12)11(3)4;1-7-5-3-2-4-6-7/h8,10H,5-7H2,1-4H3;2-6H,1H3. The molecule has 1 N–H and O–H groups in total. The van der Waals surface area contributed by atoms with Crippen molar-refractivity contribution in [2.75, 3.05) is 27.2 Å². The van der Waals surface area contributed by atoms with Gasteiger partial charge in [-0.15, -0.1) is 0 Å². The fraction of sp³-hybridized carbons (Fsp3) is 0.562. The molecule has 1 rings (SSSR count). The SMILES string of the molecule is CC(C)CCNCC(=O)N(C)C.Cc1ccccc1. The molecule has 0 aliphatic rings. The quantitative estimate of drug-likeness (QED) is 0.829. The maximum atomic E-state index is 11.1. The predicted octanol–water partition coefficient (Wildman–Crippen LogP) is 2.71. The van der Waals surface area contributed by atoms with Crippen molar-refractivity contribution < 1.29 is 4.79 Å². The molecule has 0 fully saturated rings. The first-order valence-electron chi connectivity index (χ1n) is 6.86. The molecule has 1 aromatic rings. The largest absolute Gasteiger partial charge is 0.348 e. The predicted molar refractivity (Wildman–Crippen MR) is 82.2 cm³/mol. The Kier molecular flexibility index (Phi) is 9.81. The van der Waals surface area contributed by atoms with Crippen LogP contribution in [0.1, 0.15) is 25.8 Å². The highest BCUT2D eigenvalue weighted by atomic mass is 16.2. The third-order valence-electron chi connectivity index (χ3n) is 2.61. The smallest absolute Gasteiger partial charge is 0.236 e. The van der Waals surface area contributed by atoms with Gasteiger partial charge in [-0.25, -0.2) is 0 Å². The number of carbonyl (C=O) groups excluding carboxylic acids is 1. The zero-order chi connectivity index (χ0) is 14.7. The highest BCUT2D eigenvalue weighted by Gasteiger charge is 2.01. The Labute approximate surface area is 118 Å². The van der Waals surface area contributed by atoms with Gasteiger partial charge in [0, 0.05) is 14.1 Å². The van der Waals surface area contributed by atoms with Gasteiger partial charge in [0.15, 0.2) is 0 Å². The van der Waals surface area contributed by atoms with E-state index in [0.717, 1.165) is 13.0 Å². The number of amides is 1. The Morgan fingerprint density at radius 2 is 1.79 bits per heavy atom. The van der Waals surface area contributed by atoms with Gasteiger partial charge in [0.25, 0.3) is 0 Å². The average molecular weight is 264 g/mol. The van der Waals surface area contributed by atoms with Gasteiger partial charge >= 0.3 is 0 Å². The summed E-state index contributed by atoms with van der Waals surface area (Å²) in [5, 5.41) is 3.11. The summed E-state index contributed by atoms with van der Waals surface area (Å²) < 4.78 is 0. The summed E-state index contributed by atoms with van der Waals surface area (Å²) in [5.41, 5.74) is 1.32. The van der Waals surface area contributed by atoms with Gasteiger partial charge in [-0.2, -0.15) is 0 Å². The molecular formula is C16H28N2O. The summed E-state index contributed by atoms with van der Waals surface area (Å²) in [6.07, 6.45) is 1.13. The maximum Gasteiger partial charge on any atom is 0.236 e. The van der Waals surface area contributed by atoms with Gasteiger partial charge in [-0.1, -0.05) is 49.7 Å². The first kappa shape index (κ1) is 17.6. The number of aryl methyl sites for hydroxylation is 1. The van der Waals surface area contributed by atoms with Crippen molar-refractivity contribution in [1.82, 2.24) is 10.2 Å². The van der Waals surface area contributed by atoms with Crippen LogP contribution in [0.25, 0.3) is 0 Å². The number of rotatable bonds is 5. The van der Waals surface area contributed by atoms with Gasteiger partial charge in [-0.3, -0.25) is 4.79 Å². The fourth-order valence-electron chi connectivity index (χ4n) is 1.28. The number of hydrogen-bond acceptors (Lipinski definition) is 2. The van der Waals surface area contributed by atoms with Crippen molar-refractivity contribution in [2.45, 2.75) is 27.2 Å². The molecule has 0 saturated carbocycles. The Morgan fingerprint density at radius 3 is 2.16 bits per heavy atom. The molecule has 19 heavy (non-hydrogen) atoms. The second kappa shape index (κ2) is 10.6. The molecule has 0 bridgehead atoms. The number of nitrogens with one attached hydrogen (secondary N) is 1. The van der Waals surface area contributed by atoms with Crippen LogP contribution in [0.2, 0.25) is 0 Å². The average Bonchev–Trinajstić information content (AvgIpc) is 2.35. The molecule has 1 aromatic carbocycles. The van der Waals surface area contributed by atoms with E-state index in [2.05, 4.69) is 38.2 Å². The van der Waals surface area contributed by atoms with Crippen molar-refractivity contribution in [1.29, 1.82) is 0 Å². The normalized spacial score (nSPS) is 9.79. The van der Waals surface area contributed by atoms with Crippen LogP contribution in [-0.4, -0.2) is 38.0 Å². The molecule has 0 aromatic heterocycles. The monoisotopic (exact) mass is 264 g/mol. The molecule has 0 unspecified atom stereocenters. The highest BCUT2D eigenvalue weighted by Crippen LogP contribution is 1.95. The zero-order valence-electron chi connectivity index (χ0n) is 12.9. The minimum absolute atomic E-state index is 0.138. The lowest BCUT2D eigenvalue weighted by Gasteiger charge is -2.11. The van der Waals surface area contributed by atoms with E-state index in [0.29, 0.717) is 12.5 Å². The van der Waals surface area contributed by atoms with Crippen molar-refractivity contribution in [3.63, 3.8) is 0 Å². The molecule has 0 heterocycles. The van der Waals surface area contributed by atoms with Crippen LogP contribution >= 0.6 is 0 Å². The third-order valence-corrected chi connectivity index (χ3v) is 2.61. The molecule has 108 valence electrons. The Morgan fingerprint density at radius 1 is 1.21 bits per heavy atom. The third kappa shape index (κ3) is 11.5. The van der Waals surface area contributed by atoms with Gasteiger partial charge in [0.1, 0.15) is 0 Å². The number of benzene rings is 1. The fourth-order valence-corrected chi connectivity index (χ4v) is 1.28. The Bertz CT molecular complexity index is 334. The van der Waals surface area contributed by atoms with E-state index in [9.17, 15) is 4.79 Å². The van der Waals surface area contributed by atoms with Crippen LogP contribution in [0.15, 0.2) is 30.3 Å². The summed E-state index contributed by atoms with van der Waals surface area (Å²) in [6, 6.07) is 10.3. The second-order valence-corrected chi connectivity index (χ2v) is 5.30. The topological polar surface area (TPSA) is 32.3 Å². The van der Waals surface area contributed by atoms with E-state index >= 15 is 0 Å². The molecule has 0 radical (unpaired) electrons. The van der Waals surface area contributed by atoms with Crippen LogP contribution < -0.4 is 5.32 Å². The van der Waals surface area contributed by atoms with Crippen molar-refractivity contribution in [2.24, 2.45) is 5.92 Å². The summed E-state index contributed by atoms with van der Waals surface area (Å²) in [5.74, 6) is 0.839. The van der Waals surface area contributed by atoms with Crippen molar-refractivity contribution in [3.05, 3.63) is 35.9 Å². The Hall–Kier alpha value is -1.35.